The van der Waals surface area contributed by atoms with E-state index in [1.54, 1.807) is 0 Å². The van der Waals surface area contributed by atoms with E-state index in [9.17, 15) is 4.79 Å². The fraction of sp³-hybridized carbons (Fsp3) is 0.556. The van der Waals surface area contributed by atoms with Crippen LogP contribution >= 0.6 is 0 Å². The molecule has 0 aliphatic heterocycles. The van der Waals surface area contributed by atoms with Crippen molar-refractivity contribution < 1.29 is 0 Å². The number of nitrogens with two attached hydrogens (primary N) is 1. The normalized spacial score (nSPS) is 16.1. The van der Waals surface area contributed by atoms with Crippen LogP contribution in [0, 0.1) is 0 Å². The highest BCUT2D eigenvalue weighted by atomic mass is 16.1. The molecule has 0 amide bonds. The number of hydrogen-bond acceptors (Lipinski definition) is 3. The van der Waals surface area contributed by atoms with E-state index in [1.807, 2.05) is 6.92 Å². The van der Waals surface area contributed by atoms with Gasteiger partial charge in [0.05, 0.1) is 5.56 Å². The van der Waals surface area contributed by atoms with Gasteiger partial charge in [-0.25, -0.2) is 4.98 Å². The highest BCUT2D eigenvalue weighted by Gasteiger charge is 2.26. The predicted octanol–water partition coefficient (Wildman–Crippen LogP) is 0.792. The fourth-order valence-electron chi connectivity index (χ4n) is 1.43. The number of anilines is 1. The largest absolute Gasteiger partial charge is 0.383 e. The summed E-state index contributed by atoms with van der Waals surface area (Å²) in [6.45, 7) is 1.90. The lowest BCUT2D eigenvalue weighted by molar-refractivity contribution is 0.887. The van der Waals surface area contributed by atoms with Gasteiger partial charge in [-0.1, -0.05) is 6.92 Å². The zero-order valence-corrected chi connectivity index (χ0v) is 7.63. The molecule has 3 N–H and O–H groups in total. The molecular formula is C9H13N3O. The first-order chi connectivity index (χ1) is 6.22. The minimum absolute atomic E-state index is 0.0723. The quantitative estimate of drug-likeness (QED) is 0.705. The molecule has 1 aliphatic carbocycles. The van der Waals surface area contributed by atoms with Crippen LogP contribution in [0.25, 0.3) is 0 Å². The molecular weight excluding hydrogens is 166 g/mol. The van der Waals surface area contributed by atoms with Crippen LogP contribution in [0.1, 0.15) is 37.1 Å². The molecule has 0 spiro atoms. The molecule has 1 fully saturated rings. The van der Waals surface area contributed by atoms with Crippen LogP contribution in [0.5, 0.6) is 0 Å². The number of H-pyrrole nitrogens is 1. The van der Waals surface area contributed by atoms with Crippen LogP contribution in [0.4, 0.5) is 5.82 Å². The van der Waals surface area contributed by atoms with E-state index in [-0.39, 0.29) is 5.56 Å². The summed E-state index contributed by atoms with van der Waals surface area (Å²) >= 11 is 0. The van der Waals surface area contributed by atoms with E-state index in [4.69, 9.17) is 5.73 Å². The smallest absolute Gasteiger partial charge is 0.256 e. The van der Waals surface area contributed by atoms with E-state index in [0.29, 0.717) is 23.7 Å². The molecule has 13 heavy (non-hydrogen) atoms. The second-order valence-corrected chi connectivity index (χ2v) is 3.44. The molecule has 0 bridgehead atoms. The molecule has 0 atom stereocenters. The van der Waals surface area contributed by atoms with Crippen molar-refractivity contribution in [3.8, 4) is 0 Å². The zero-order valence-electron chi connectivity index (χ0n) is 7.63. The van der Waals surface area contributed by atoms with Crippen LogP contribution in [-0.4, -0.2) is 9.97 Å². The summed E-state index contributed by atoms with van der Waals surface area (Å²) < 4.78 is 0. The molecule has 1 aromatic heterocycles. The van der Waals surface area contributed by atoms with E-state index >= 15 is 0 Å². The van der Waals surface area contributed by atoms with Gasteiger partial charge in [0.25, 0.3) is 5.56 Å². The van der Waals surface area contributed by atoms with Gasteiger partial charge in [0.15, 0.2) is 0 Å². The maximum Gasteiger partial charge on any atom is 0.256 e. The Kier molecular flexibility index (Phi) is 1.83. The number of rotatable bonds is 2. The van der Waals surface area contributed by atoms with Gasteiger partial charge < -0.3 is 10.7 Å². The molecule has 2 rings (SSSR count). The van der Waals surface area contributed by atoms with E-state index in [0.717, 1.165) is 18.7 Å². The highest BCUT2D eigenvalue weighted by Crippen LogP contribution is 2.37. The number of aromatic amines is 1. The summed E-state index contributed by atoms with van der Waals surface area (Å²) in [5, 5.41) is 0. The summed E-state index contributed by atoms with van der Waals surface area (Å²) in [6.07, 6.45) is 2.88. The minimum atomic E-state index is -0.0723. The average molecular weight is 179 g/mol. The second-order valence-electron chi connectivity index (χ2n) is 3.44. The second kappa shape index (κ2) is 2.87. The third-order valence-electron chi connectivity index (χ3n) is 2.38. The maximum absolute atomic E-state index is 11.4. The Morgan fingerprint density at radius 2 is 2.31 bits per heavy atom. The van der Waals surface area contributed by atoms with Gasteiger partial charge in [0.2, 0.25) is 0 Å². The fourth-order valence-corrected chi connectivity index (χ4v) is 1.43. The minimum Gasteiger partial charge on any atom is -0.383 e. The first-order valence-corrected chi connectivity index (χ1v) is 4.61. The number of aromatic nitrogens is 2. The summed E-state index contributed by atoms with van der Waals surface area (Å²) in [5.41, 5.74) is 6.20. The third-order valence-corrected chi connectivity index (χ3v) is 2.38. The van der Waals surface area contributed by atoms with Crippen molar-refractivity contribution in [2.45, 2.75) is 32.1 Å². The van der Waals surface area contributed by atoms with Crippen LogP contribution in [0.15, 0.2) is 4.79 Å². The Bertz CT molecular complexity index is 379. The highest BCUT2D eigenvalue weighted by molar-refractivity contribution is 5.38. The molecule has 0 unspecified atom stereocenters. The molecule has 1 heterocycles. The van der Waals surface area contributed by atoms with Gasteiger partial charge in [0.1, 0.15) is 11.6 Å². The van der Waals surface area contributed by atoms with E-state index in [1.165, 1.54) is 0 Å². The van der Waals surface area contributed by atoms with Gasteiger partial charge in [-0.05, 0) is 19.3 Å². The topological polar surface area (TPSA) is 71.8 Å². The summed E-state index contributed by atoms with van der Waals surface area (Å²) in [5.74, 6) is 1.61. The monoisotopic (exact) mass is 179 g/mol. The van der Waals surface area contributed by atoms with Crippen molar-refractivity contribution in [2.24, 2.45) is 0 Å². The lowest BCUT2D eigenvalue weighted by Crippen LogP contribution is -2.18. The van der Waals surface area contributed by atoms with Crippen molar-refractivity contribution in [3.63, 3.8) is 0 Å². The molecule has 1 aliphatic rings. The number of nitrogens with zero attached hydrogens (tertiary/aromatic N) is 1. The van der Waals surface area contributed by atoms with Crippen LogP contribution < -0.4 is 11.3 Å². The van der Waals surface area contributed by atoms with Crippen LogP contribution in [0.3, 0.4) is 0 Å². The molecule has 1 aromatic rings. The predicted molar refractivity (Wildman–Crippen MR) is 50.6 cm³/mol. The third kappa shape index (κ3) is 1.43. The molecule has 0 radical (unpaired) electrons. The standard InChI is InChI=1S/C9H13N3O/c1-2-6-7(10)11-8(5-3-4-5)12-9(6)13/h5H,2-4H2,1H3,(H3,10,11,12,13). The number of nitrogens with one attached hydrogen (secondary N) is 1. The SMILES string of the molecule is CCc1c(N)nc(C2CC2)[nH]c1=O. The Morgan fingerprint density at radius 3 is 2.77 bits per heavy atom. The summed E-state index contributed by atoms with van der Waals surface area (Å²) in [6, 6.07) is 0. The van der Waals surface area contributed by atoms with Crippen molar-refractivity contribution in [3.05, 3.63) is 21.7 Å². The molecule has 4 heteroatoms. The molecule has 0 aromatic carbocycles. The van der Waals surface area contributed by atoms with Crippen molar-refractivity contribution >= 4 is 5.82 Å². The van der Waals surface area contributed by atoms with Gasteiger partial charge in [-0.2, -0.15) is 0 Å². The van der Waals surface area contributed by atoms with E-state index in [2.05, 4.69) is 9.97 Å². The Morgan fingerprint density at radius 1 is 1.62 bits per heavy atom. The van der Waals surface area contributed by atoms with E-state index < -0.39 is 0 Å². The van der Waals surface area contributed by atoms with Crippen molar-refractivity contribution in [1.82, 2.24) is 9.97 Å². The maximum atomic E-state index is 11.4. The lowest BCUT2D eigenvalue weighted by Gasteiger charge is -2.03. The van der Waals surface area contributed by atoms with Gasteiger partial charge in [-0.15, -0.1) is 0 Å². The average Bonchev–Trinajstić information content (AvgIpc) is 2.85. The zero-order chi connectivity index (χ0) is 9.42. The Balaban J connectivity index is 2.48. The summed E-state index contributed by atoms with van der Waals surface area (Å²) in [4.78, 5) is 18.4. The van der Waals surface area contributed by atoms with Crippen LogP contribution in [-0.2, 0) is 6.42 Å². The molecule has 4 nitrogen and oxygen atoms in total. The lowest BCUT2D eigenvalue weighted by atomic mass is 10.2. The Hall–Kier alpha value is -1.32. The number of hydrogen-bond donors (Lipinski definition) is 2. The Labute approximate surface area is 76.2 Å². The number of nitrogen functional groups attached to an aromatic ring is 1. The molecule has 70 valence electrons. The summed E-state index contributed by atoms with van der Waals surface area (Å²) in [7, 11) is 0. The van der Waals surface area contributed by atoms with Crippen molar-refractivity contribution in [1.29, 1.82) is 0 Å². The van der Waals surface area contributed by atoms with Crippen molar-refractivity contribution in [2.75, 3.05) is 5.73 Å². The van der Waals surface area contributed by atoms with Gasteiger partial charge in [0, 0.05) is 5.92 Å². The van der Waals surface area contributed by atoms with Gasteiger partial charge in [-0.3, -0.25) is 4.79 Å². The first kappa shape index (κ1) is 8.29. The first-order valence-electron chi connectivity index (χ1n) is 4.61. The van der Waals surface area contributed by atoms with Crippen LogP contribution in [0.2, 0.25) is 0 Å². The molecule has 0 saturated heterocycles. The molecule has 1 saturated carbocycles. The van der Waals surface area contributed by atoms with Gasteiger partial charge >= 0.3 is 0 Å².